The Bertz CT molecular complexity index is 933. The number of ketones is 1. The van der Waals surface area contributed by atoms with Gasteiger partial charge in [-0.05, 0) is 48.0 Å². The number of carbonyl (C=O) groups is 1. The van der Waals surface area contributed by atoms with Crippen molar-refractivity contribution in [3.63, 3.8) is 0 Å². The Hall–Kier alpha value is -3.32. The second-order valence-electron chi connectivity index (χ2n) is 5.05. The number of nitro benzene ring substituents is 1. The lowest BCUT2D eigenvalue weighted by Gasteiger charge is -2.07. The summed E-state index contributed by atoms with van der Waals surface area (Å²) in [5.41, 5.74) is 1.30. The summed E-state index contributed by atoms with van der Waals surface area (Å²) in [5.74, 6) is -0.277. The van der Waals surface area contributed by atoms with E-state index in [-0.39, 0.29) is 17.2 Å². The van der Waals surface area contributed by atoms with E-state index in [9.17, 15) is 14.9 Å². The number of halogens is 1. The summed E-state index contributed by atoms with van der Waals surface area (Å²) in [6, 6.07) is 12.3. The van der Waals surface area contributed by atoms with Gasteiger partial charge in [-0.3, -0.25) is 14.9 Å². The van der Waals surface area contributed by atoms with Crippen molar-refractivity contribution in [1.29, 1.82) is 0 Å². The van der Waals surface area contributed by atoms with Crippen molar-refractivity contribution in [3.8, 4) is 0 Å². The topological polar surface area (TPSA) is 90.9 Å². The van der Waals surface area contributed by atoms with Gasteiger partial charge in [0.1, 0.15) is 18.4 Å². The number of nitrogens with zero attached hydrogens (tertiary/aromatic N) is 4. The Balaban J connectivity index is 2.01. The van der Waals surface area contributed by atoms with Gasteiger partial charge in [-0.15, -0.1) is 0 Å². The molecule has 0 aliphatic carbocycles. The SMILES string of the molecule is O=C(/C(=C/c1ccc([N+](=O)[O-])cc1)n1cncn1)c1ccc(Cl)cc1. The molecule has 0 atom stereocenters. The molecule has 0 saturated heterocycles. The largest absolute Gasteiger partial charge is 0.287 e. The Morgan fingerprint density at radius 2 is 1.80 bits per heavy atom. The Kier molecular flexibility index (Phi) is 4.67. The minimum atomic E-state index is -0.481. The van der Waals surface area contributed by atoms with E-state index in [0.717, 1.165) is 0 Å². The lowest BCUT2D eigenvalue weighted by atomic mass is 10.1. The molecule has 0 spiro atoms. The highest BCUT2D eigenvalue weighted by molar-refractivity contribution is 6.31. The number of rotatable bonds is 5. The minimum Gasteiger partial charge on any atom is -0.287 e. The van der Waals surface area contributed by atoms with E-state index in [2.05, 4.69) is 10.1 Å². The molecule has 0 bridgehead atoms. The van der Waals surface area contributed by atoms with Crippen LogP contribution in [0.15, 0.2) is 61.2 Å². The molecule has 124 valence electrons. The van der Waals surface area contributed by atoms with Crippen molar-refractivity contribution in [1.82, 2.24) is 14.8 Å². The first kappa shape index (κ1) is 16.5. The second-order valence-corrected chi connectivity index (χ2v) is 5.49. The molecule has 25 heavy (non-hydrogen) atoms. The number of Topliss-reactive ketones (excluding diaryl/α,β-unsaturated/α-hetero) is 1. The van der Waals surface area contributed by atoms with Crippen molar-refractivity contribution >= 4 is 34.8 Å². The molecular formula is C17H11ClN4O3. The zero-order valence-electron chi connectivity index (χ0n) is 12.7. The van der Waals surface area contributed by atoms with Gasteiger partial charge >= 0.3 is 0 Å². The predicted molar refractivity (Wildman–Crippen MR) is 93.1 cm³/mol. The zero-order valence-corrected chi connectivity index (χ0v) is 13.5. The highest BCUT2D eigenvalue weighted by Crippen LogP contribution is 2.20. The third-order valence-corrected chi connectivity index (χ3v) is 3.66. The van der Waals surface area contributed by atoms with E-state index in [1.807, 2.05) is 0 Å². The van der Waals surface area contributed by atoms with Crippen LogP contribution in [0.3, 0.4) is 0 Å². The van der Waals surface area contributed by atoms with Crippen LogP contribution in [-0.4, -0.2) is 25.5 Å². The molecule has 1 aromatic heterocycles. The number of nitro groups is 1. The fourth-order valence-electron chi connectivity index (χ4n) is 2.17. The standard InChI is InChI=1S/C17H11ClN4O3/c18-14-5-3-13(4-6-14)17(23)16(21-11-19-10-20-21)9-12-1-7-15(8-2-12)22(24)25/h1-11H/b16-9-. The van der Waals surface area contributed by atoms with Crippen molar-refractivity contribution in [3.05, 3.63) is 87.4 Å². The average molecular weight is 355 g/mol. The molecule has 2 aromatic carbocycles. The first-order chi connectivity index (χ1) is 12.0. The maximum atomic E-state index is 12.8. The van der Waals surface area contributed by atoms with Crippen LogP contribution in [0.4, 0.5) is 5.69 Å². The molecule has 0 aliphatic rings. The van der Waals surface area contributed by atoms with Crippen LogP contribution in [0.5, 0.6) is 0 Å². The fraction of sp³-hybridized carbons (Fsp3) is 0. The summed E-state index contributed by atoms with van der Waals surface area (Å²) in [6.07, 6.45) is 4.32. The number of aromatic nitrogens is 3. The number of allylic oxidation sites excluding steroid dienone is 1. The molecule has 1 heterocycles. The molecule has 7 nitrogen and oxygen atoms in total. The van der Waals surface area contributed by atoms with Crippen LogP contribution in [-0.2, 0) is 0 Å². The zero-order chi connectivity index (χ0) is 17.8. The number of non-ortho nitro benzene ring substituents is 1. The highest BCUT2D eigenvalue weighted by Gasteiger charge is 2.15. The molecule has 0 N–H and O–H groups in total. The second kappa shape index (κ2) is 7.06. The van der Waals surface area contributed by atoms with Gasteiger partial charge in [0.05, 0.1) is 4.92 Å². The summed E-state index contributed by atoms with van der Waals surface area (Å²) in [6.45, 7) is 0. The van der Waals surface area contributed by atoms with Crippen molar-refractivity contribution in [2.75, 3.05) is 0 Å². The normalized spacial score (nSPS) is 11.3. The van der Waals surface area contributed by atoms with Crippen LogP contribution in [0, 0.1) is 10.1 Å². The third-order valence-electron chi connectivity index (χ3n) is 3.41. The predicted octanol–water partition coefficient (Wildman–Crippen LogP) is 3.72. The molecule has 8 heteroatoms. The van der Waals surface area contributed by atoms with Crippen molar-refractivity contribution < 1.29 is 9.72 Å². The molecule has 0 unspecified atom stereocenters. The van der Waals surface area contributed by atoms with Gasteiger partial charge in [-0.25, -0.2) is 9.67 Å². The van der Waals surface area contributed by atoms with Crippen LogP contribution < -0.4 is 0 Å². The summed E-state index contributed by atoms with van der Waals surface area (Å²) in [5, 5.41) is 15.3. The monoisotopic (exact) mass is 354 g/mol. The molecule has 0 radical (unpaired) electrons. The Morgan fingerprint density at radius 1 is 1.12 bits per heavy atom. The molecule has 3 aromatic rings. The minimum absolute atomic E-state index is 0.0246. The van der Waals surface area contributed by atoms with E-state index in [1.54, 1.807) is 42.5 Å². The number of hydrogen-bond acceptors (Lipinski definition) is 5. The van der Waals surface area contributed by atoms with Gasteiger partial charge in [0.2, 0.25) is 5.78 Å². The van der Waals surface area contributed by atoms with E-state index < -0.39 is 4.92 Å². The van der Waals surface area contributed by atoms with Crippen molar-refractivity contribution in [2.24, 2.45) is 0 Å². The molecule has 0 amide bonds. The quantitative estimate of drug-likeness (QED) is 0.301. The Labute approximate surface area is 147 Å². The van der Waals surface area contributed by atoms with Crippen LogP contribution in [0.1, 0.15) is 15.9 Å². The summed E-state index contributed by atoms with van der Waals surface area (Å²) in [7, 11) is 0. The van der Waals surface area contributed by atoms with Gasteiger partial charge in [0.15, 0.2) is 0 Å². The maximum Gasteiger partial charge on any atom is 0.269 e. The first-order valence-corrected chi connectivity index (χ1v) is 7.54. The van der Waals surface area contributed by atoms with Crippen LogP contribution in [0.2, 0.25) is 5.02 Å². The van der Waals surface area contributed by atoms with Gasteiger partial charge < -0.3 is 0 Å². The van der Waals surface area contributed by atoms with Crippen molar-refractivity contribution in [2.45, 2.75) is 0 Å². The van der Waals surface area contributed by atoms with Gasteiger partial charge in [0, 0.05) is 22.7 Å². The van der Waals surface area contributed by atoms with Crippen LogP contribution in [0.25, 0.3) is 11.8 Å². The summed E-state index contributed by atoms with van der Waals surface area (Å²) >= 11 is 5.86. The first-order valence-electron chi connectivity index (χ1n) is 7.16. The maximum absolute atomic E-state index is 12.8. The van der Waals surface area contributed by atoms with E-state index in [4.69, 9.17) is 11.6 Å². The fourth-order valence-corrected chi connectivity index (χ4v) is 2.29. The number of benzene rings is 2. The highest BCUT2D eigenvalue weighted by atomic mass is 35.5. The molecule has 0 aliphatic heterocycles. The molecular weight excluding hydrogens is 344 g/mol. The lowest BCUT2D eigenvalue weighted by molar-refractivity contribution is -0.384. The average Bonchev–Trinajstić information content (AvgIpc) is 3.14. The van der Waals surface area contributed by atoms with Gasteiger partial charge in [0.25, 0.3) is 5.69 Å². The van der Waals surface area contributed by atoms with Gasteiger partial charge in [-0.2, -0.15) is 5.10 Å². The van der Waals surface area contributed by atoms with Crippen LogP contribution >= 0.6 is 11.6 Å². The summed E-state index contributed by atoms with van der Waals surface area (Å²) < 4.78 is 1.35. The number of carbonyl (C=O) groups excluding carboxylic acids is 1. The van der Waals surface area contributed by atoms with E-state index in [0.29, 0.717) is 16.1 Å². The molecule has 0 saturated carbocycles. The lowest BCUT2D eigenvalue weighted by Crippen LogP contribution is -2.10. The third kappa shape index (κ3) is 3.78. The molecule has 0 fully saturated rings. The summed E-state index contributed by atoms with van der Waals surface area (Å²) in [4.78, 5) is 26.9. The smallest absolute Gasteiger partial charge is 0.269 e. The van der Waals surface area contributed by atoms with Gasteiger partial charge in [-0.1, -0.05) is 11.6 Å². The number of hydrogen-bond donors (Lipinski definition) is 0. The Morgan fingerprint density at radius 3 is 2.36 bits per heavy atom. The van der Waals surface area contributed by atoms with E-state index >= 15 is 0 Å². The van der Waals surface area contributed by atoms with E-state index in [1.165, 1.54) is 29.5 Å². The molecule has 3 rings (SSSR count).